The summed E-state index contributed by atoms with van der Waals surface area (Å²) in [7, 11) is -1.69. The Balaban J connectivity index is 2.27. The summed E-state index contributed by atoms with van der Waals surface area (Å²) in [6.07, 6.45) is 2.40. The van der Waals surface area contributed by atoms with Gasteiger partial charge in [0.2, 0.25) is 10.0 Å². The first kappa shape index (κ1) is 17.8. The van der Waals surface area contributed by atoms with Gasteiger partial charge in [-0.25, -0.2) is 13.1 Å². The van der Waals surface area contributed by atoms with Crippen LogP contribution in [0.2, 0.25) is 0 Å². The van der Waals surface area contributed by atoms with Gasteiger partial charge in [0, 0.05) is 19.2 Å². The van der Waals surface area contributed by atoms with Crippen molar-refractivity contribution in [1.29, 1.82) is 0 Å². The number of sulfonamides is 1. The van der Waals surface area contributed by atoms with Gasteiger partial charge in [0.1, 0.15) is 0 Å². The fourth-order valence-electron chi connectivity index (χ4n) is 2.21. The van der Waals surface area contributed by atoms with Gasteiger partial charge in [-0.05, 0) is 39.8 Å². The normalized spacial score (nSPS) is 17.8. The van der Waals surface area contributed by atoms with E-state index in [4.69, 9.17) is 9.47 Å². The van der Waals surface area contributed by atoms with Gasteiger partial charge in [-0.1, -0.05) is 0 Å². The fraction of sp³-hybridized carbons (Fsp3) is 1.00. The van der Waals surface area contributed by atoms with E-state index in [-0.39, 0.29) is 17.9 Å². The summed E-state index contributed by atoms with van der Waals surface area (Å²) in [5.74, 6) is -0.00715. The van der Waals surface area contributed by atoms with E-state index < -0.39 is 10.0 Å². The summed E-state index contributed by atoms with van der Waals surface area (Å²) in [4.78, 5) is 2.34. The lowest BCUT2D eigenvalue weighted by atomic mass is 10.0. The zero-order chi connectivity index (χ0) is 15.1. The van der Waals surface area contributed by atoms with Crippen molar-refractivity contribution in [2.24, 2.45) is 0 Å². The van der Waals surface area contributed by atoms with Crippen LogP contribution in [0.5, 0.6) is 0 Å². The minimum absolute atomic E-state index is 0.00715. The highest BCUT2D eigenvalue weighted by Crippen LogP contribution is 2.20. The average Bonchev–Trinajstić information content (AvgIpc) is 2.91. The molecular weight excluding hydrogens is 280 g/mol. The number of methoxy groups -OCH3 is 1. The third-order valence-electron chi connectivity index (χ3n) is 3.62. The molecule has 0 aromatic carbocycles. The Hall–Kier alpha value is -0.210. The molecule has 0 aromatic rings. The van der Waals surface area contributed by atoms with Crippen LogP contribution < -0.4 is 4.72 Å². The van der Waals surface area contributed by atoms with Crippen molar-refractivity contribution in [3.05, 3.63) is 0 Å². The predicted molar refractivity (Wildman–Crippen MR) is 79.4 cm³/mol. The highest BCUT2D eigenvalue weighted by Gasteiger charge is 2.30. The second kappa shape index (κ2) is 8.29. The number of hydrogen-bond donors (Lipinski definition) is 1. The van der Waals surface area contributed by atoms with Crippen LogP contribution in [0, 0.1) is 0 Å². The lowest BCUT2D eigenvalue weighted by Gasteiger charge is -2.35. The summed E-state index contributed by atoms with van der Waals surface area (Å²) in [5.41, 5.74) is -0.138. The van der Waals surface area contributed by atoms with E-state index in [1.54, 1.807) is 7.11 Å². The van der Waals surface area contributed by atoms with Crippen molar-refractivity contribution >= 4 is 10.0 Å². The molecule has 0 radical (unpaired) electrons. The van der Waals surface area contributed by atoms with Crippen LogP contribution in [0.25, 0.3) is 0 Å². The van der Waals surface area contributed by atoms with Crippen molar-refractivity contribution in [2.45, 2.75) is 32.2 Å². The molecule has 1 fully saturated rings. The second-order valence-corrected chi connectivity index (χ2v) is 7.68. The van der Waals surface area contributed by atoms with Gasteiger partial charge >= 0.3 is 0 Å². The largest absolute Gasteiger partial charge is 0.382 e. The van der Waals surface area contributed by atoms with Crippen molar-refractivity contribution in [3.8, 4) is 0 Å². The number of rotatable bonds is 10. The van der Waals surface area contributed by atoms with Crippen LogP contribution in [0.15, 0.2) is 0 Å². The Morgan fingerprint density at radius 1 is 1.15 bits per heavy atom. The molecule has 6 nitrogen and oxygen atoms in total. The molecule has 1 aliphatic heterocycles. The standard InChI is InChI=1S/C13H28N2O4S/c1-13(2,15-6-4-5-7-15)12-14-20(16,17)11-10-19-9-8-18-3/h14H,4-12H2,1-3H3. The zero-order valence-corrected chi connectivity index (χ0v) is 13.7. The molecule has 0 aromatic heterocycles. The maximum absolute atomic E-state index is 11.9. The second-order valence-electron chi connectivity index (χ2n) is 5.75. The Bertz CT molecular complexity index is 365. The van der Waals surface area contributed by atoms with Gasteiger partial charge < -0.3 is 9.47 Å². The molecule has 1 heterocycles. The lowest BCUT2D eigenvalue weighted by Crippen LogP contribution is -2.50. The van der Waals surface area contributed by atoms with E-state index in [2.05, 4.69) is 23.5 Å². The minimum Gasteiger partial charge on any atom is -0.382 e. The molecule has 20 heavy (non-hydrogen) atoms. The molecule has 0 saturated carbocycles. The Morgan fingerprint density at radius 2 is 1.80 bits per heavy atom. The summed E-state index contributed by atoms with van der Waals surface area (Å²) in [6.45, 7) is 7.80. The Kier molecular flexibility index (Phi) is 7.39. The molecule has 7 heteroatoms. The zero-order valence-electron chi connectivity index (χ0n) is 12.9. The fourth-order valence-corrected chi connectivity index (χ4v) is 3.26. The topological polar surface area (TPSA) is 67.9 Å². The first-order valence-corrected chi connectivity index (χ1v) is 8.82. The number of ether oxygens (including phenoxy) is 2. The third kappa shape index (κ3) is 6.49. The molecule has 0 unspecified atom stereocenters. The van der Waals surface area contributed by atoms with E-state index >= 15 is 0 Å². The maximum Gasteiger partial charge on any atom is 0.213 e. The van der Waals surface area contributed by atoms with Gasteiger partial charge in [0.25, 0.3) is 0 Å². The van der Waals surface area contributed by atoms with Gasteiger partial charge in [-0.3, -0.25) is 4.90 Å². The predicted octanol–water partition coefficient (Wildman–Crippen LogP) is 0.443. The smallest absolute Gasteiger partial charge is 0.213 e. The average molecular weight is 308 g/mol. The van der Waals surface area contributed by atoms with Crippen LogP contribution in [0.4, 0.5) is 0 Å². The third-order valence-corrected chi connectivity index (χ3v) is 4.90. The van der Waals surface area contributed by atoms with Crippen molar-refractivity contribution < 1.29 is 17.9 Å². The molecule has 1 N–H and O–H groups in total. The molecule has 1 saturated heterocycles. The molecular formula is C13H28N2O4S. The monoisotopic (exact) mass is 308 g/mol. The number of nitrogens with one attached hydrogen (secondary N) is 1. The molecule has 0 bridgehead atoms. The summed E-state index contributed by atoms with van der Waals surface area (Å²) >= 11 is 0. The lowest BCUT2D eigenvalue weighted by molar-refractivity contribution is 0.0784. The number of likely N-dealkylation sites (tertiary alicyclic amines) is 1. The molecule has 0 aliphatic carbocycles. The van der Waals surface area contributed by atoms with Gasteiger partial charge in [0.15, 0.2) is 0 Å². The first-order valence-electron chi connectivity index (χ1n) is 7.16. The van der Waals surface area contributed by atoms with Crippen LogP contribution in [0.1, 0.15) is 26.7 Å². The Morgan fingerprint density at radius 3 is 2.40 bits per heavy atom. The highest BCUT2D eigenvalue weighted by molar-refractivity contribution is 7.89. The van der Waals surface area contributed by atoms with E-state index in [9.17, 15) is 8.42 Å². The highest BCUT2D eigenvalue weighted by atomic mass is 32.2. The van der Waals surface area contributed by atoms with Crippen molar-refractivity contribution in [2.75, 3.05) is 52.3 Å². The van der Waals surface area contributed by atoms with Gasteiger partial charge in [-0.15, -0.1) is 0 Å². The van der Waals surface area contributed by atoms with E-state index in [1.807, 2.05) is 0 Å². The van der Waals surface area contributed by atoms with Crippen LogP contribution in [0.3, 0.4) is 0 Å². The van der Waals surface area contributed by atoms with Crippen LogP contribution in [-0.2, 0) is 19.5 Å². The maximum atomic E-state index is 11.9. The van der Waals surface area contributed by atoms with Crippen molar-refractivity contribution in [3.63, 3.8) is 0 Å². The van der Waals surface area contributed by atoms with E-state index in [0.29, 0.717) is 19.8 Å². The van der Waals surface area contributed by atoms with Crippen molar-refractivity contribution in [1.82, 2.24) is 9.62 Å². The molecule has 0 atom stereocenters. The van der Waals surface area contributed by atoms with Crippen LogP contribution >= 0.6 is 0 Å². The SMILES string of the molecule is COCCOCCS(=O)(=O)NCC(C)(C)N1CCCC1. The van der Waals surface area contributed by atoms with Gasteiger partial charge in [-0.2, -0.15) is 0 Å². The summed E-state index contributed by atoms with van der Waals surface area (Å²) < 4.78 is 36.5. The quantitative estimate of drug-likeness (QED) is 0.593. The van der Waals surface area contributed by atoms with Crippen LogP contribution in [-0.4, -0.2) is 71.2 Å². The van der Waals surface area contributed by atoms with Gasteiger partial charge in [0.05, 0.1) is 25.6 Å². The number of hydrogen-bond acceptors (Lipinski definition) is 5. The minimum atomic E-state index is -3.27. The van der Waals surface area contributed by atoms with E-state index in [1.165, 1.54) is 12.8 Å². The number of nitrogens with zero attached hydrogens (tertiary/aromatic N) is 1. The molecule has 0 spiro atoms. The first-order chi connectivity index (χ1) is 9.37. The van der Waals surface area contributed by atoms with E-state index in [0.717, 1.165) is 13.1 Å². The molecule has 0 amide bonds. The molecule has 120 valence electrons. The summed E-state index contributed by atoms with van der Waals surface area (Å²) in [5, 5.41) is 0. The summed E-state index contributed by atoms with van der Waals surface area (Å²) in [6, 6.07) is 0. The molecule has 1 aliphatic rings. The Labute approximate surface area is 122 Å². The molecule has 1 rings (SSSR count).